The Balaban J connectivity index is 1.14. The van der Waals surface area contributed by atoms with Crippen molar-refractivity contribution in [3.63, 3.8) is 0 Å². The molecule has 0 spiro atoms. The van der Waals surface area contributed by atoms with Gasteiger partial charge in [-0.3, -0.25) is 0 Å². The third-order valence-corrected chi connectivity index (χ3v) is 7.95. The summed E-state index contributed by atoms with van der Waals surface area (Å²) in [6.07, 6.45) is 2.74. The molecule has 2 aliphatic heterocycles. The van der Waals surface area contributed by atoms with Crippen molar-refractivity contribution >= 4 is 45.2 Å². The molecule has 4 nitrogen and oxygen atoms in total. The van der Waals surface area contributed by atoms with Crippen molar-refractivity contribution in [1.29, 1.82) is 0 Å². The molecule has 0 amide bonds. The molecule has 0 aliphatic carbocycles. The number of fused-ring (bicyclic) bond motifs is 1. The highest BCUT2D eigenvalue weighted by atomic mass is 127. The molecular weight excluding hydrogens is 606 g/mol. The molecule has 2 saturated heterocycles. The van der Waals surface area contributed by atoms with Gasteiger partial charge in [0.2, 0.25) is 0 Å². The molecule has 2 fully saturated rings. The van der Waals surface area contributed by atoms with Crippen LogP contribution in [-0.4, -0.2) is 45.5 Å². The first-order valence-electron chi connectivity index (χ1n) is 10.5. The van der Waals surface area contributed by atoms with Gasteiger partial charge in [-0.05, 0) is 11.1 Å². The van der Waals surface area contributed by atoms with Gasteiger partial charge in [-0.25, -0.2) is 0 Å². The normalized spacial score (nSPS) is 27.7. The Morgan fingerprint density at radius 2 is 1.10 bits per heavy atom. The zero-order chi connectivity index (χ0) is 20.8. The molecule has 0 N–H and O–H groups in total. The average molecular weight is 634 g/mol. The second-order valence-electron chi connectivity index (χ2n) is 7.93. The van der Waals surface area contributed by atoms with Crippen LogP contribution in [0.1, 0.15) is 24.0 Å². The summed E-state index contributed by atoms with van der Waals surface area (Å²) in [4.78, 5) is 0. The van der Waals surface area contributed by atoms with Crippen molar-refractivity contribution in [2.24, 2.45) is 0 Å². The third kappa shape index (κ3) is 6.38. The van der Waals surface area contributed by atoms with Crippen LogP contribution in [0.4, 0.5) is 0 Å². The summed E-state index contributed by atoms with van der Waals surface area (Å²) in [5.74, 6) is 0. The molecule has 4 rings (SSSR count). The number of hydrogen-bond acceptors (Lipinski definition) is 4. The molecule has 0 saturated carbocycles. The Kier molecular flexibility index (Phi) is 8.83. The average Bonchev–Trinajstić information content (AvgIpc) is 3.35. The van der Waals surface area contributed by atoms with E-state index in [0.717, 1.165) is 12.8 Å². The Morgan fingerprint density at radius 1 is 0.700 bits per heavy atom. The van der Waals surface area contributed by atoms with Crippen LogP contribution in [0.25, 0.3) is 0 Å². The zero-order valence-electron chi connectivity index (χ0n) is 16.9. The summed E-state index contributed by atoms with van der Waals surface area (Å²) in [6, 6.07) is 20.6. The topological polar surface area (TPSA) is 36.9 Å². The molecule has 6 heteroatoms. The van der Waals surface area contributed by atoms with E-state index in [1.165, 1.54) is 11.1 Å². The predicted octanol–water partition coefficient (Wildman–Crippen LogP) is 5.34. The van der Waals surface area contributed by atoms with E-state index >= 15 is 0 Å². The van der Waals surface area contributed by atoms with Crippen LogP contribution in [0, 0.1) is 0 Å². The highest BCUT2D eigenvalue weighted by molar-refractivity contribution is 14.1. The van der Waals surface area contributed by atoms with Gasteiger partial charge in [0.25, 0.3) is 0 Å². The van der Waals surface area contributed by atoms with Crippen molar-refractivity contribution in [2.75, 3.05) is 13.2 Å². The van der Waals surface area contributed by atoms with Crippen LogP contribution in [0.2, 0.25) is 0 Å². The summed E-state index contributed by atoms with van der Waals surface area (Å²) in [5.41, 5.74) is 2.41. The van der Waals surface area contributed by atoms with Gasteiger partial charge in [0.15, 0.2) is 0 Å². The molecule has 162 valence electrons. The molecule has 6 atom stereocenters. The Morgan fingerprint density at radius 3 is 1.50 bits per heavy atom. The molecule has 0 unspecified atom stereocenters. The standard InChI is InChI=1S/C24H28I2O4/c25-19(15-27-13-17-7-3-1-4-8-17)21-11-23-24(29-21)12-22(30-23)20(26)16-28-14-18-9-5-2-6-10-18/h1-10,19-24H,11-16H2/t19-,20-,21+,22+,23+,24+/m1/s1. The molecule has 2 aromatic carbocycles. The second-order valence-corrected chi connectivity index (χ2v) is 11.1. The van der Waals surface area contributed by atoms with Crippen LogP contribution < -0.4 is 0 Å². The lowest BCUT2D eigenvalue weighted by Crippen LogP contribution is -2.30. The lowest BCUT2D eigenvalue weighted by Gasteiger charge is -2.22. The smallest absolute Gasteiger partial charge is 0.0867 e. The fourth-order valence-electron chi connectivity index (χ4n) is 4.02. The summed E-state index contributed by atoms with van der Waals surface area (Å²) >= 11 is 4.92. The lowest BCUT2D eigenvalue weighted by molar-refractivity contribution is 0.0208. The highest BCUT2D eigenvalue weighted by Gasteiger charge is 2.47. The van der Waals surface area contributed by atoms with Crippen molar-refractivity contribution in [1.82, 2.24) is 0 Å². The number of hydrogen-bond donors (Lipinski definition) is 0. The minimum absolute atomic E-state index is 0.206. The van der Waals surface area contributed by atoms with Gasteiger partial charge in [0, 0.05) is 12.8 Å². The molecule has 2 heterocycles. The van der Waals surface area contributed by atoms with Crippen LogP contribution in [0.3, 0.4) is 0 Å². The van der Waals surface area contributed by atoms with Gasteiger partial charge < -0.3 is 18.9 Å². The number of benzene rings is 2. The first-order valence-corrected chi connectivity index (χ1v) is 13.0. The van der Waals surface area contributed by atoms with E-state index in [0.29, 0.717) is 34.3 Å². The SMILES string of the molecule is I[C@H](COCc1ccccc1)[C@@H]1C[C@@H]2O[C@H]([C@H](I)COCc3ccccc3)C[C@@H]2O1. The first kappa shape index (κ1) is 22.9. The van der Waals surface area contributed by atoms with Gasteiger partial charge in [-0.2, -0.15) is 0 Å². The Hall–Kier alpha value is -0.260. The second kappa shape index (κ2) is 11.6. The summed E-state index contributed by atoms with van der Waals surface area (Å²) in [7, 11) is 0. The minimum Gasteiger partial charge on any atom is -0.376 e. The van der Waals surface area contributed by atoms with Crippen LogP contribution in [0.15, 0.2) is 60.7 Å². The maximum atomic E-state index is 6.35. The van der Waals surface area contributed by atoms with E-state index in [-0.39, 0.29) is 24.4 Å². The Labute approximate surface area is 206 Å². The maximum Gasteiger partial charge on any atom is 0.0867 e. The van der Waals surface area contributed by atoms with Crippen molar-refractivity contribution < 1.29 is 18.9 Å². The van der Waals surface area contributed by atoms with E-state index in [4.69, 9.17) is 18.9 Å². The van der Waals surface area contributed by atoms with E-state index in [2.05, 4.69) is 69.4 Å². The molecule has 2 aliphatic rings. The first-order chi connectivity index (χ1) is 14.7. The number of rotatable bonds is 10. The van der Waals surface area contributed by atoms with Gasteiger partial charge in [0.05, 0.1) is 58.7 Å². The van der Waals surface area contributed by atoms with Gasteiger partial charge in [0.1, 0.15) is 0 Å². The van der Waals surface area contributed by atoms with Crippen molar-refractivity contribution in [2.45, 2.75) is 58.3 Å². The lowest BCUT2D eigenvalue weighted by atomic mass is 10.1. The fraction of sp³-hybridized carbons (Fsp3) is 0.500. The fourth-order valence-corrected chi connectivity index (χ4v) is 5.45. The van der Waals surface area contributed by atoms with Crippen molar-refractivity contribution in [3.05, 3.63) is 71.8 Å². The quantitative estimate of drug-likeness (QED) is 0.262. The molecule has 0 radical (unpaired) electrons. The van der Waals surface area contributed by atoms with Crippen LogP contribution in [-0.2, 0) is 32.2 Å². The predicted molar refractivity (Wildman–Crippen MR) is 134 cm³/mol. The highest BCUT2D eigenvalue weighted by Crippen LogP contribution is 2.39. The molecule has 0 aromatic heterocycles. The number of alkyl halides is 2. The molecule has 30 heavy (non-hydrogen) atoms. The van der Waals surface area contributed by atoms with Gasteiger partial charge in [-0.1, -0.05) is 106 Å². The summed E-state index contributed by atoms with van der Waals surface area (Å²) < 4.78 is 25.2. The Bertz CT molecular complexity index is 683. The minimum atomic E-state index is 0.206. The number of halogens is 2. The van der Waals surface area contributed by atoms with E-state index < -0.39 is 0 Å². The van der Waals surface area contributed by atoms with E-state index in [1.807, 2.05) is 36.4 Å². The van der Waals surface area contributed by atoms with Crippen LogP contribution in [0.5, 0.6) is 0 Å². The number of ether oxygens (including phenoxy) is 4. The van der Waals surface area contributed by atoms with Crippen molar-refractivity contribution in [3.8, 4) is 0 Å². The summed E-state index contributed by atoms with van der Waals surface area (Å²) in [6.45, 7) is 2.70. The monoisotopic (exact) mass is 634 g/mol. The van der Waals surface area contributed by atoms with E-state index in [1.54, 1.807) is 0 Å². The molecular formula is C24H28I2O4. The third-order valence-electron chi connectivity index (χ3n) is 5.63. The van der Waals surface area contributed by atoms with Gasteiger partial charge >= 0.3 is 0 Å². The molecule has 0 bridgehead atoms. The van der Waals surface area contributed by atoms with E-state index in [9.17, 15) is 0 Å². The maximum absolute atomic E-state index is 6.35. The molecule has 2 aromatic rings. The zero-order valence-corrected chi connectivity index (χ0v) is 21.2. The van der Waals surface area contributed by atoms with Gasteiger partial charge in [-0.15, -0.1) is 0 Å². The summed E-state index contributed by atoms with van der Waals surface area (Å²) in [5, 5.41) is 0. The largest absolute Gasteiger partial charge is 0.376 e. The van der Waals surface area contributed by atoms with Crippen LogP contribution >= 0.6 is 45.2 Å².